The van der Waals surface area contributed by atoms with Crippen LogP contribution >= 0.6 is 0 Å². The smallest absolute Gasteiger partial charge is 0.253 e. The summed E-state index contributed by atoms with van der Waals surface area (Å²) in [7, 11) is 0. The van der Waals surface area contributed by atoms with E-state index in [1.54, 1.807) is 19.9 Å². The number of pyridine rings is 1. The van der Waals surface area contributed by atoms with Gasteiger partial charge in [0, 0.05) is 0 Å². The number of carbonyl (C=O) groups is 1. The molecule has 18 heavy (non-hydrogen) atoms. The Hall–Kier alpha value is -2.51. The van der Waals surface area contributed by atoms with Crippen LogP contribution in [0.5, 0.6) is 0 Å². The molecule has 0 aliphatic rings. The summed E-state index contributed by atoms with van der Waals surface area (Å²) < 4.78 is 0. The summed E-state index contributed by atoms with van der Waals surface area (Å²) in [6.45, 7) is 3.51. The third kappa shape index (κ3) is 2.42. The Balaban J connectivity index is 2.15. The van der Waals surface area contributed by atoms with Gasteiger partial charge in [-0.05, 0) is 19.9 Å². The molecular formula is C10H13N7O. The Morgan fingerprint density at radius 2 is 2.33 bits per heavy atom. The lowest BCUT2D eigenvalue weighted by Gasteiger charge is -2.11. The molecule has 8 nitrogen and oxygen atoms in total. The topological polar surface area (TPSA) is 122 Å². The maximum absolute atomic E-state index is 12.0. The Bertz CT molecular complexity index is 551. The predicted octanol–water partition coefficient (Wildman–Crippen LogP) is -0.0237. The molecule has 0 fully saturated rings. The van der Waals surface area contributed by atoms with Gasteiger partial charge in [-0.25, -0.2) is 0 Å². The largest absolute Gasteiger partial charge is 0.397 e. The fourth-order valence-corrected chi connectivity index (χ4v) is 1.47. The first-order valence-corrected chi connectivity index (χ1v) is 5.34. The van der Waals surface area contributed by atoms with Gasteiger partial charge in [0.05, 0.1) is 29.2 Å². The summed E-state index contributed by atoms with van der Waals surface area (Å²) in [5.74, 6) is 0.141. The minimum absolute atomic E-state index is 0.274. The van der Waals surface area contributed by atoms with Crippen LogP contribution in [-0.2, 0) is 0 Å². The third-order valence-corrected chi connectivity index (χ3v) is 2.45. The number of nitrogens with one attached hydrogen (secondary N) is 2. The number of carbonyl (C=O) groups excluding carboxylic acids is 1. The predicted molar refractivity (Wildman–Crippen MR) is 63.4 cm³/mol. The molecule has 0 spiro atoms. The monoisotopic (exact) mass is 247 g/mol. The summed E-state index contributed by atoms with van der Waals surface area (Å²) in [5.41, 5.74) is 7.10. The number of tetrazole rings is 1. The van der Waals surface area contributed by atoms with Crippen molar-refractivity contribution in [3.8, 4) is 0 Å². The van der Waals surface area contributed by atoms with E-state index >= 15 is 0 Å². The van der Waals surface area contributed by atoms with Crippen molar-refractivity contribution in [2.75, 3.05) is 5.73 Å². The highest BCUT2D eigenvalue weighted by molar-refractivity contribution is 5.96. The van der Waals surface area contributed by atoms with Crippen LogP contribution in [-0.4, -0.2) is 31.5 Å². The molecular weight excluding hydrogens is 234 g/mol. The number of rotatable bonds is 3. The number of aromatic amines is 1. The molecule has 0 radical (unpaired) electrons. The Kier molecular flexibility index (Phi) is 3.18. The maximum atomic E-state index is 12.0. The van der Waals surface area contributed by atoms with E-state index in [2.05, 4.69) is 30.9 Å². The molecule has 2 aromatic rings. The molecule has 0 aromatic carbocycles. The van der Waals surface area contributed by atoms with Gasteiger partial charge in [0.2, 0.25) is 0 Å². The SMILES string of the molecule is Cc1ncc(N)cc1C(=O)NC(C)c1nn[nH]n1. The molecule has 0 aliphatic carbocycles. The van der Waals surface area contributed by atoms with Gasteiger partial charge < -0.3 is 11.1 Å². The molecule has 2 aromatic heterocycles. The highest BCUT2D eigenvalue weighted by Gasteiger charge is 2.16. The lowest BCUT2D eigenvalue weighted by atomic mass is 10.1. The molecule has 4 N–H and O–H groups in total. The van der Waals surface area contributed by atoms with Crippen LogP contribution in [0.3, 0.4) is 0 Å². The van der Waals surface area contributed by atoms with Crippen LogP contribution in [0.1, 0.15) is 34.8 Å². The van der Waals surface area contributed by atoms with Crippen LogP contribution in [0.15, 0.2) is 12.3 Å². The molecule has 1 atom stereocenters. The molecule has 2 heterocycles. The number of aromatic nitrogens is 5. The fourth-order valence-electron chi connectivity index (χ4n) is 1.47. The van der Waals surface area contributed by atoms with Crippen molar-refractivity contribution in [1.29, 1.82) is 0 Å². The van der Waals surface area contributed by atoms with Gasteiger partial charge in [0.1, 0.15) is 0 Å². The number of hydrogen-bond donors (Lipinski definition) is 3. The van der Waals surface area contributed by atoms with Crippen molar-refractivity contribution < 1.29 is 4.79 Å². The fraction of sp³-hybridized carbons (Fsp3) is 0.300. The van der Waals surface area contributed by atoms with Crippen molar-refractivity contribution in [1.82, 2.24) is 30.9 Å². The highest BCUT2D eigenvalue weighted by atomic mass is 16.1. The first-order valence-electron chi connectivity index (χ1n) is 5.34. The van der Waals surface area contributed by atoms with E-state index in [1.807, 2.05) is 0 Å². The Morgan fingerprint density at radius 3 is 3.00 bits per heavy atom. The second-order valence-electron chi connectivity index (χ2n) is 3.87. The van der Waals surface area contributed by atoms with E-state index in [9.17, 15) is 4.79 Å². The molecule has 0 aliphatic heterocycles. The van der Waals surface area contributed by atoms with Crippen molar-refractivity contribution >= 4 is 11.6 Å². The van der Waals surface area contributed by atoms with Gasteiger partial charge in [-0.1, -0.05) is 5.21 Å². The third-order valence-electron chi connectivity index (χ3n) is 2.45. The highest BCUT2D eigenvalue weighted by Crippen LogP contribution is 2.11. The number of nitrogens with zero attached hydrogens (tertiary/aromatic N) is 4. The zero-order valence-corrected chi connectivity index (χ0v) is 10.0. The van der Waals surface area contributed by atoms with Crippen molar-refractivity contribution in [2.24, 2.45) is 0 Å². The normalized spacial score (nSPS) is 12.1. The molecule has 2 rings (SSSR count). The molecule has 0 saturated carbocycles. The van der Waals surface area contributed by atoms with E-state index in [0.29, 0.717) is 22.8 Å². The van der Waals surface area contributed by atoms with Crippen molar-refractivity contribution in [3.63, 3.8) is 0 Å². The first kappa shape index (κ1) is 12.0. The van der Waals surface area contributed by atoms with E-state index in [-0.39, 0.29) is 11.9 Å². The molecule has 8 heteroatoms. The van der Waals surface area contributed by atoms with Crippen LogP contribution < -0.4 is 11.1 Å². The summed E-state index contributed by atoms with van der Waals surface area (Å²) in [6, 6.07) is 1.23. The summed E-state index contributed by atoms with van der Waals surface area (Å²) >= 11 is 0. The summed E-state index contributed by atoms with van der Waals surface area (Å²) in [5, 5.41) is 16.1. The standard InChI is InChI=1S/C10H13N7O/c1-5-8(3-7(11)4-12-5)10(18)13-6(2)9-14-16-17-15-9/h3-4,6H,11H2,1-2H3,(H,13,18)(H,14,15,16,17). The zero-order valence-electron chi connectivity index (χ0n) is 10.0. The van der Waals surface area contributed by atoms with Crippen LogP contribution in [0.25, 0.3) is 0 Å². The van der Waals surface area contributed by atoms with Crippen LogP contribution in [0, 0.1) is 6.92 Å². The van der Waals surface area contributed by atoms with E-state index in [1.165, 1.54) is 6.20 Å². The lowest BCUT2D eigenvalue weighted by molar-refractivity contribution is 0.0937. The van der Waals surface area contributed by atoms with E-state index in [4.69, 9.17) is 5.73 Å². The summed E-state index contributed by atoms with van der Waals surface area (Å²) in [6.07, 6.45) is 1.51. The second kappa shape index (κ2) is 4.78. The van der Waals surface area contributed by atoms with Gasteiger partial charge in [-0.3, -0.25) is 9.78 Å². The lowest BCUT2D eigenvalue weighted by Crippen LogP contribution is -2.28. The van der Waals surface area contributed by atoms with Crippen LogP contribution in [0.2, 0.25) is 0 Å². The quantitative estimate of drug-likeness (QED) is 0.700. The molecule has 1 unspecified atom stereocenters. The summed E-state index contributed by atoms with van der Waals surface area (Å²) in [4.78, 5) is 16.1. The number of anilines is 1. The Morgan fingerprint density at radius 1 is 1.56 bits per heavy atom. The molecule has 1 amide bonds. The zero-order chi connectivity index (χ0) is 13.1. The first-order chi connectivity index (χ1) is 8.58. The number of aryl methyl sites for hydroxylation is 1. The van der Waals surface area contributed by atoms with Gasteiger partial charge >= 0.3 is 0 Å². The minimum Gasteiger partial charge on any atom is -0.397 e. The number of nitrogen functional groups attached to an aromatic ring is 1. The van der Waals surface area contributed by atoms with E-state index in [0.717, 1.165) is 0 Å². The second-order valence-corrected chi connectivity index (χ2v) is 3.87. The number of hydrogen-bond acceptors (Lipinski definition) is 6. The number of amides is 1. The minimum atomic E-state index is -0.350. The van der Waals surface area contributed by atoms with Gasteiger partial charge in [0.15, 0.2) is 5.82 Å². The van der Waals surface area contributed by atoms with E-state index < -0.39 is 0 Å². The Labute approximate surface area is 103 Å². The van der Waals surface area contributed by atoms with Gasteiger partial charge in [-0.2, -0.15) is 5.21 Å². The molecule has 0 saturated heterocycles. The average molecular weight is 247 g/mol. The van der Waals surface area contributed by atoms with Gasteiger partial charge in [-0.15, -0.1) is 10.2 Å². The average Bonchev–Trinajstić information content (AvgIpc) is 2.85. The molecule has 0 bridgehead atoms. The number of H-pyrrole nitrogens is 1. The maximum Gasteiger partial charge on any atom is 0.253 e. The number of nitrogens with two attached hydrogens (primary N) is 1. The van der Waals surface area contributed by atoms with Crippen molar-refractivity contribution in [3.05, 3.63) is 29.3 Å². The van der Waals surface area contributed by atoms with Crippen molar-refractivity contribution in [2.45, 2.75) is 19.9 Å². The van der Waals surface area contributed by atoms with Gasteiger partial charge in [0.25, 0.3) is 5.91 Å². The molecule has 94 valence electrons. The van der Waals surface area contributed by atoms with Crippen LogP contribution in [0.4, 0.5) is 5.69 Å².